The summed E-state index contributed by atoms with van der Waals surface area (Å²) in [4.78, 5) is 30.7. The van der Waals surface area contributed by atoms with Crippen LogP contribution >= 0.6 is 0 Å². The van der Waals surface area contributed by atoms with E-state index in [0.717, 1.165) is 7.11 Å². The highest BCUT2D eigenvalue weighted by Gasteiger charge is 2.16. The summed E-state index contributed by atoms with van der Waals surface area (Å²) < 4.78 is 5.79. The normalized spacial score (nSPS) is 11.7. The van der Waals surface area contributed by atoms with Crippen molar-refractivity contribution in [3.63, 3.8) is 0 Å². The van der Waals surface area contributed by atoms with Gasteiger partial charge >= 0.3 is 5.97 Å². The van der Waals surface area contributed by atoms with Crippen LogP contribution in [-0.4, -0.2) is 56.5 Å². The van der Waals surface area contributed by atoms with E-state index in [2.05, 4.69) is 25.1 Å². The maximum absolute atomic E-state index is 11.8. The Morgan fingerprint density at radius 2 is 2.29 bits per heavy atom. The molecule has 0 aliphatic heterocycles. The average Bonchev–Trinajstić information content (AvgIpc) is 3.06. The molecule has 0 radical (unpaired) electrons. The Bertz CT molecular complexity index is 611. The molecule has 0 saturated heterocycles. The van der Waals surface area contributed by atoms with Crippen LogP contribution in [0.5, 0.6) is 0 Å². The number of rotatable bonds is 5. The lowest BCUT2D eigenvalue weighted by atomic mass is 10.2. The number of nitrogens with one attached hydrogen (secondary N) is 1. The monoisotopic (exact) mass is 291 g/mol. The number of carbonyl (C=O) groups excluding carboxylic acids is 2. The predicted molar refractivity (Wildman–Crippen MR) is 69.5 cm³/mol. The smallest absolute Gasteiger partial charge is 0.336 e. The van der Waals surface area contributed by atoms with Crippen LogP contribution in [0.4, 0.5) is 0 Å². The van der Waals surface area contributed by atoms with Gasteiger partial charge in [-0.1, -0.05) is 0 Å². The van der Waals surface area contributed by atoms with Gasteiger partial charge in [0, 0.05) is 6.20 Å². The van der Waals surface area contributed by atoms with Gasteiger partial charge in [0.25, 0.3) is 5.91 Å². The second-order valence-corrected chi connectivity index (χ2v) is 3.99. The maximum atomic E-state index is 11.8. The fraction of sp³-hybridized carbons (Fsp3) is 0.250. The molecule has 0 saturated carbocycles. The maximum Gasteiger partial charge on any atom is 0.336 e. The lowest BCUT2D eigenvalue weighted by Crippen LogP contribution is -2.37. The van der Waals surface area contributed by atoms with Gasteiger partial charge in [0.1, 0.15) is 12.7 Å². The van der Waals surface area contributed by atoms with Gasteiger partial charge in [-0.05, 0) is 12.1 Å². The molecular formula is C12H13N5O4. The van der Waals surface area contributed by atoms with Crippen LogP contribution in [0.3, 0.4) is 0 Å². The molecule has 2 N–H and O–H groups in total. The largest absolute Gasteiger partial charge is 0.467 e. The predicted octanol–water partition coefficient (Wildman–Crippen LogP) is -1.07. The summed E-state index contributed by atoms with van der Waals surface area (Å²) in [5, 5.41) is 15.7. The number of aliphatic hydroxyl groups is 1. The molecule has 0 bridgehead atoms. The first-order valence-corrected chi connectivity index (χ1v) is 5.97. The number of esters is 1. The highest BCUT2D eigenvalue weighted by molar-refractivity contribution is 5.94. The van der Waals surface area contributed by atoms with Gasteiger partial charge in [0.15, 0.2) is 11.9 Å². The SMILES string of the molecule is COC(=O)C(O)CNC(=O)c1ccc(-n2cncn2)nc1. The zero-order valence-electron chi connectivity index (χ0n) is 11.1. The van der Waals surface area contributed by atoms with Crippen LogP contribution in [0.25, 0.3) is 5.82 Å². The molecule has 9 nitrogen and oxygen atoms in total. The van der Waals surface area contributed by atoms with Gasteiger partial charge in [0.2, 0.25) is 0 Å². The molecule has 1 amide bonds. The molecule has 2 rings (SSSR count). The second kappa shape index (κ2) is 6.57. The van der Waals surface area contributed by atoms with Gasteiger partial charge in [-0.3, -0.25) is 4.79 Å². The van der Waals surface area contributed by atoms with Crippen LogP contribution in [0.15, 0.2) is 31.0 Å². The first kappa shape index (κ1) is 14.6. The number of nitrogens with zero attached hydrogens (tertiary/aromatic N) is 4. The molecule has 0 fully saturated rings. The third kappa shape index (κ3) is 3.60. The molecule has 0 spiro atoms. The molecule has 0 aliphatic carbocycles. The number of ether oxygens (including phenoxy) is 1. The van der Waals surface area contributed by atoms with Crippen LogP contribution < -0.4 is 5.32 Å². The van der Waals surface area contributed by atoms with E-state index in [1.54, 1.807) is 12.1 Å². The summed E-state index contributed by atoms with van der Waals surface area (Å²) >= 11 is 0. The van der Waals surface area contributed by atoms with Gasteiger partial charge in [-0.25, -0.2) is 19.4 Å². The molecule has 21 heavy (non-hydrogen) atoms. The molecular weight excluding hydrogens is 278 g/mol. The minimum atomic E-state index is -1.40. The minimum absolute atomic E-state index is 0.240. The van der Waals surface area contributed by atoms with Gasteiger partial charge in [-0.2, -0.15) is 5.10 Å². The number of pyridine rings is 1. The molecule has 2 aromatic rings. The lowest BCUT2D eigenvalue weighted by Gasteiger charge is -2.09. The summed E-state index contributed by atoms with van der Waals surface area (Å²) in [5.74, 6) is -0.760. The third-order valence-electron chi connectivity index (χ3n) is 2.59. The molecule has 0 aliphatic rings. The van der Waals surface area contributed by atoms with Crippen molar-refractivity contribution in [2.75, 3.05) is 13.7 Å². The zero-order valence-corrected chi connectivity index (χ0v) is 11.1. The van der Waals surface area contributed by atoms with E-state index in [-0.39, 0.29) is 12.1 Å². The van der Waals surface area contributed by atoms with Crippen molar-refractivity contribution in [2.45, 2.75) is 6.10 Å². The zero-order chi connectivity index (χ0) is 15.2. The number of hydrogen-bond acceptors (Lipinski definition) is 7. The number of hydrogen-bond donors (Lipinski definition) is 2. The Hall–Kier alpha value is -2.81. The van der Waals surface area contributed by atoms with E-state index in [0.29, 0.717) is 5.82 Å². The summed E-state index contributed by atoms with van der Waals surface area (Å²) in [6, 6.07) is 3.14. The summed E-state index contributed by atoms with van der Waals surface area (Å²) in [5.41, 5.74) is 0.288. The molecule has 1 atom stereocenters. The Morgan fingerprint density at radius 1 is 1.48 bits per heavy atom. The fourth-order valence-electron chi connectivity index (χ4n) is 1.49. The Labute approximate surface area is 119 Å². The summed E-state index contributed by atoms with van der Waals surface area (Å²) in [6.07, 6.45) is 2.81. The van der Waals surface area contributed by atoms with Crippen LogP contribution in [-0.2, 0) is 9.53 Å². The first-order chi connectivity index (χ1) is 10.1. The second-order valence-electron chi connectivity index (χ2n) is 3.99. The van der Waals surface area contributed by atoms with E-state index in [9.17, 15) is 14.7 Å². The van der Waals surface area contributed by atoms with Crippen LogP contribution in [0.1, 0.15) is 10.4 Å². The van der Waals surface area contributed by atoms with Crippen molar-refractivity contribution in [3.05, 3.63) is 36.5 Å². The topological polar surface area (TPSA) is 119 Å². The first-order valence-electron chi connectivity index (χ1n) is 5.97. The average molecular weight is 291 g/mol. The lowest BCUT2D eigenvalue weighted by molar-refractivity contribution is -0.149. The van der Waals surface area contributed by atoms with E-state index in [4.69, 9.17) is 0 Å². The molecule has 110 valence electrons. The van der Waals surface area contributed by atoms with Crippen LogP contribution in [0.2, 0.25) is 0 Å². The van der Waals surface area contributed by atoms with Gasteiger partial charge in [0.05, 0.1) is 19.2 Å². The molecule has 1 unspecified atom stereocenters. The van der Waals surface area contributed by atoms with E-state index in [1.807, 2.05) is 0 Å². The molecule has 2 heterocycles. The summed E-state index contributed by atoms with van der Waals surface area (Å²) in [7, 11) is 1.15. The van der Waals surface area contributed by atoms with Crippen molar-refractivity contribution in [2.24, 2.45) is 0 Å². The van der Waals surface area contributed by atoms with Gasteiger partial charge < -0.3 is 15.2 Å². The Kier molecular flexibility index (Phi) is 4.57. The number of amides is 1. The van der Waals surface area contributed by atoms with E-state index in [1.165, 1.54) is 23.5 Å². The Balaban J connectivity index is 1.96. The third-order valence-corrected chi connectivity index (χ3v) is 2.59. The number of carbonyl (C=O) groups is 2. The highest BCUT2D eigenvalue weighted by atomic mass is 16.5. The number of aromatic nitrogens is 4. The van der Waals surface area contributed by atoms with E-state index < -0.39 is 18.0 Å². The number of aliphatic hydroxyl groups excluding tert-OH is 1. The van der Waals surface area contributed by atoms with Gasteiger partial charge in [-0.15, -0.1) is 0 Å². The van der Waals surface area contributed by atoms with Crippen molar-refractivity contribution in [1.82, 2.24) is 25.1 Å². The standard InChI is InChI=1S/C12H13N5O4/c1-21-12(20)9(18)5-15-11(19)8-2-3-10(14-4-8)17-7-13-6-16-17/h2-4,6-7,9,18H,5H2,1H3,(H,15,19). The van der Waals surface area contributed by atoms with E-state index >= 15 is 0 Å². The van der Waals surface area contributed by atoms with Crippen molar-refractivity contribution >= 4 is 11.9 Å². The van der Waals surface area contributed by atoms with Crippen molar-refractivity contribution in [1.29, 1.82) is 0 Å². The summed E-state index contributed by atoms with van der Waals surface area (Å²) in [6.45, 7) is -0.240. The molecule has 9 heteroatoms. The van der Waals surface area contributed by atoms with Crippen LogP contribution in [0, 0.1) is 0 Å². The fourth-order valence-corrected chi connectivity index (χ4v) is 1.49. The Morgan fingerprint density at radius 3 is 2.86 bits per heavy atom. The minimum Gasteiger partial charge on any atom is -0.467 e. The molecule has 0 aromatic carbocycles. The quantitative estimate of drug-likeness (QED) is 0.673. The van der Waals surface area contributed by atoms with Crippen molar-refractivity contribution < 1.29 is 19.4 Å². The molecule has 2 aromatic heterocycles. The number of methoxy groups -OCH3 is 1. The van der Waals surface area contributed by atoms with Crippen molar-refractivity contribution in [3.8, 4) is 5.82 Å². The highest BCUT2D eigenvalue weighted by Crippen LogP contribution is 2.04.